The number of halogens is 2. The molecule has 0 unspecified atom stereocenters. The first-order valence-electron chi connectivity index (χ1n) is 9.96. The van der Waals surface area contributed by atoms with Gasteiger partial charge in [0.2, 0.25) is 21.8 Å². The van der Waals surface area contributed by atoms with Crippen LogP contribution < -0.4 is 9.62 Å². The summed E-state index contributed by atoms with van der Waals surface area (Å²) in [6.07, 6.45) is 0.892. The van der Waals surface area contributed by atoms with E-state index in [4.69, 9.17) is 11.6 Å². The predicted octanol–water partition coefficient (Wildman–Crippen LogP) is 3.19. The number of rotatable bonds is 9. The molecule has 2 amide bonds. The maximum absolute atomic E-state index is 14.3. The highest BCUT2D eigenvalue weighted by atomic mass is 35.5. The number of nitrogens with zero attached hydrogens (tertiary/aromatic N) is 2. The van der Waals surface area contributed by atoms with Crippen molar-refractivity contribution in [1.29, 1.82) is 0 Å². The Morgan fingerprint density at radius 2 is 1.75 bits per heavy atom. The van der Waals surface area contributed by atoms with Crippen LogP contribution in [0.4, 0.5) is 10.1 Å². The Hall–Kier alpha value is -2.65. The molecule has 7 nitrogen and oxygen atoms in total. The average Bonchev–Trinajstić information content (AvgIpc) is 2.69. The molecule has 32 heavy (non-hydrogen) atoms. The summed E-state index contributed by atoms with van der Waals surface area (Å²) in [6.45, 7) is 4.48. The highest BCUT2D eigenvalue weighted by Gasteiger charge is 2.31. The largest absolute Gasteiger partial charge is 0.352 e. The quantitative estimate of drug-likeness (QED) is 0.593. The standard InChI is InChI=1S/C22H27ClFN3O4S/c1-15(2)25-22(29)16(3)26(13-17-8-7-9-18(23)12-17)21(28)14-27(32(4,30)31)20-11-6-5-10-19(20)24/h5-12,15-16H,13-14H2,1-4H3,(H,25,29)/t16-/m0/s1. The number of hydrogen-bond acceptors (Lipinski definition) is 4. The molecular formula is C22H27ClFN3O4S. The topological polar surface area (TPSA) is 86.8 Å². The van der Waals surface area contributed by atoms with Crippen molar-refractivity contribution >= 4 is 39.1 Å². The predicted molar refractivity (Wildman–Crippen MR) is 123 cm³/mol. The van der Waals surface area contributed by atoms with E-state index in [1.54, 1.807) is 45.0 Å². The van der Waals surface area contributed by atoms with Gasteiger partial charge in [0.25, 0.3) is 0 Å². The number of carbonyl (C=O) groups excluding carboxylic acids is 2. The van der Waals surface area contributed by atoms with E-state index in [9.17, 15) is 22.4 Å². The summed E-state index contributed by atoms with van der Waals surface area (Å²) in [7, 11) is -3.99. The lowest BCUT2D eigenvalue weighted by Gasteiger charge is -2.32. The van der Waals surface area contributed by atoms with E-state index in [1.807, 2.05) is 0 Å². The molecule has 0 aromatic heterocycles. The van der Waals surface area contributed by atoms with Gasteiger partial charge >= 0.3 is 0 Å². The molecule has 0 aliphatic heterocycles. The molecule has 2 aromatic carbocycles. The molecule has 0 spiro atoms. The summed E-state index contributed by atoms with van der Waals surface area (Å²) >= 11 is 6.05. The molecule has 0 radical (unpaired) electrons. The van der Waals surface area contributed by atoms with Crippen LogP contribution in [0.15, 0.2) is 48.5 Å². The third kappa shape index (κ3) is 6.93. The Balaban J connectivity index is 2.40. The van der Waals surface area contributed by atoms with Gasteiger partial charge in [0.05, 0.1) is 11.9 Å². The summed E-state index contributed by atoms with van der Waals surface area (Å²) in [5.41, 5.74) is 0.414. The second-order valence-electron chi connectivity index (χ2n) is 7.71. The van der Waals surface area contributed by atoms with Crippen molar-refractivity contribution in [3.63, 3.8) is 0 Å². The molecule has 0 aliphatic rings. The van der Waals surface area contributed by atoms with Crippen molar-refractivity contribution in [1.82, 2.24) is 10.2 Å². The van der Waals surface area contributed by atoms with E-state index in [-0.39, 0.29) is 18.3 Å². The van der Waals surface area contributed by atoms with E-state index >= 15 is 0 Å². The Morgan fingerprint density at radius 3 is 2.31 bits per heavy atom. The van der Waals surface area contributed by atoms with Gasteiger partial charge in [-0.05, 0) is 50.6 Å². The zero-order chi connectivity index (χ0) is 24.1. The summed E-state index contributed by atoms with van der Waals surface area (Å²) in [4.78, 5) is 27.2. The lowest BCUT2D eigenvalue weighted by Crippen LogP contribution is -2.52. The van der Waals surface area contributed by atoms with Gasteiger partial charge in [0.15, 0.2) is 0 Å². The Kier molecular flexibility index (Phi) is 8.63. The van der Waals surface area contributed by atoms with Gasteiger partial charge in [-0.25, -0.2) is 12.8 Å². The van der Waals surface area contributed by atoms with E-state index in [0.29, 0.717) is 14.9 Å². The first-order valence-corrected chi connectivity index (χ1v) is 12.2. The number of benzene rings is 2. The van der Waals surface area contributed by atoms with Crippen molar-refractivity contribution in [2.75, 3.05) is 17.1 Å². The molecule has 0 fully saturated rings. The maximum atomic E-state index is 14.3. The van der Waals surface area contributed by atoms with Crippen molar-refractivity contribution in [3.05, 3.63) is 64.9 Å². The van der Waals surface area contributed by atoms with Crippen molar-refractivity contribution in [2.24, 2.45) is 0 Å². The Labute approximate surface area is 193 Å². The van der Waals surface area contributed by atoms with Crippen LogP contribution in [0.1, 0.15) is 26.3 Å². The fourth-order valence-electron chi connectivity index (χ4n) is 3.07. The lowest BCUT2D eigenvalue weighted by molar-refractivity contribution is -0.139. The molecule has 2 aromatic rings. The number of anilines is 1. The van der Waals surface area contributed by atoms with E-state index in [0.717, 1.165) is 12.3 Å². The first kappa shape index (κ1) is 25.6. The summed E-state index contributed by atoms with van der Waals surface area (Å²) < 4.78 is 39.8. The van der Waals surface area contributed by atoms with Crippen LogP contribution >= 0.6 is 11.6 Å². The maximum Gasteiger partial charge on any atom is 0.244 e. The highest BCUT2D eigenvalue weighted by molar-refractivity contribution is 7.92. The van der Waals surface area contributed by atoms with Crippen LogP contribution in [0.3, 0.4) is 0 Å². The lowest BCUT2D eigenvalue weighted by atomic mass is 10.1. The third-order valence-electron chi connectivity index (χ3n) is 4.64. The van der Waals surface area contributed by atoms with Gasteiger partial charge in [-0.3, -0.25) is 13.9 Å². The molecule has 10 heteroatoms. The monoisotopic (exact) mass is 483 g/mol. The highest BCUT2D eigenvalue weighted by Crippen LogP contribution is 2.22. The number of nitrogens with one attached hydrogen (secondary N) is 1. The van der Waals surface area contributed by atoms with Gasteiger partial charge in [-0.1, -0.05) is 35.9 Å². The fourth-order valence-corrected chi connectivity index (χ4v) is 4.13. The van der Waals surface area contributed by atoms with Crippen molar-refractivity contribution in [3.8, 4) is 0 Å². The Bertz CT molecular complexity index is 1080. The molecule has 0 heterocycles. The van der Waals surface area contributed by atoms with Gasteiger partial charge in [-0.2, -0.15) is 0 Å². The van der Waals surface area contributed by atoms with Gasteiger partial charge < -0.3 is 10.2 Å². The van der Waals surface area contributed by atoms with Crippen LogP contribution in [0.25, 0.3) is 0 Å². The van der Waals surface area contributed by atoms with Crippen LogP contribution in [0.5, 0.6) is 0 Å². The third-order valence-corrected chi connectivity index (χ3v) is 6.00. The molecule has 0 saturated carbocycles. The average molecular weight is 484 g/mol. The Morgan fingerprint density at radius 1 is 1.09 bits per heavy atom. The van der Waals surface area contributed by atoms with Crippen LogP contribution in [0, 0.1) is 5.82 Å². The van der Waals surface area contributed by atoms with Crippen molar-refractivity contribution < 1.29 is 22.4 Å². The number of sulfonamides is 1. The smallest absolute Gasteiger partial charge is 0.244 e. The molecule has 2 rings (SSSR count). The van der Waals surface area contributed by atoms with E-state index in [2.05, 4.69) is 5.32 Å². The van der Waals surface area contributed by atoms with Gasteiger partial charge in [-0.15, -0.1) is 0 Å². The summed E-state index contributed by atoms with van der Waals surface area (Å²) in [5.74, 6) is -1.84. The molecule has 1 N–H and O–H groups in total. The van der Waals surface area contributed by atoms with Crippen molar-refractivity contribution in [2.45, 2.75) is 39.4 Å². The van der Waals surface area contributed by atoms with Gasteiger partial charge in [0, 0.05) is 17.6 Å². The zero-order valence-electron chi connectivity index (χ0n) is 18.4. The SMILES string of the molecule is CC(C)NC(=O)[C@H](C)N(Cc1cccc(Cl)c1)C(=O)CN(c1ccccc1F)S(C)(=O)=O. The minimum Gasteiger partial charge on any atom is -0.352 e. The number of hydrogen-bond donors (Lipinski definition) is 1. The molecule has 174 valence electrons. The molecule has 0 aliphatic carbocycles. The van der Waals surface area contributed by atoms with Gasteiger partial charge in [0.1, 0.15) is 18.4 Å². The second kappa shape index (κ2) is 10.8. The fraction of sp³-hybridized carbons (Fsp3) is 0.364. The van der Waals surface area contributed by atoms with E-state index < -0.39 is 40.2 Å². The molecule has 0 saturated heterocycles. The first-order chi connectivity index (χ1) is 14.9. The van der Waals surface area contributed by atoms with Crippen LogP contribution in [-0.4, -0.2) is 50.0 Å². The molecule has 0 bridgehead atoms. The molecule has 1 atom stereocenters. The number of para-hydroxylation sites is 1. The second-order valence-corrected chi connectivity index (χ2v) is 10.1. The molecular weight excluding hydrogens is 457 g/mol. The van der Waals surface area contributed by atoms with E-state index in [1.165, 1.54) is 23.1 Å². The number of carbonyl (C=O) groups is 2. The normalized spacial score (nSPS) is 12.3. The zero-order valence-corrected chi connectivity index (χ0v) is 20.0. The summed E-state index contributed by atoms with van der Waals surface area (Å²) in [5, 5.41) is 3.21. The minimum atomic E-state index is -3.99. The van der Waals surface area contributed by atoms with Crippen LogP contribution in [-0.2, 0) is 26.2 Å². The number of amides is 2. The van der Waals surface area contributed by atoms with Crippen LogP contribution in [0.2, 0.25) is 5.02 Å². The summed E-state index contributed by atoms with van der Waals surface area (Å²) in [6, 6.07) is 11.0. The minimum absolute atomic E-state index is 0.0148.